The van der Waals surface area contributed by atoms with Gasteiger partial charge < -0.3 is 19.7 Å². The third-order valence-corrected chi connectivity index (χ3v) is 5.82. The maximum atomic E-state index is 10.6. The number of piperidine rings is 1. The Hall–Kier alpha value is -3.61. The van der Waals surface area contributed by atoms with Crippen molar-refractivity contribution in [2.24, 2.45) is 0 Å². The SMILES string of the molecule is CC(CN1CCC(c2ccccc2)CC1)n1cnc2ccccc21.O=C(O)C(F)(F)F.O=C(O)C(F)(F)F. The number of aliphatic carboxylic acids is 2. The van der Waals surface area contributed by atoms with Gasteiger partial charge >= 0.3 is 24.3 Å². The Balaban J connectivity index is 0.000000301. The second kappa shape index (κ2) is 13.3. The standard InChI is InChI=1S/C21H25N3.2C2HF3O2/c1-17(24-16-22-20-9-5-6-10-21(20)24)15-23-13-11-19(12-14-23)18-7-3-2-4-8-18;2*3-2(4,5)1(6)7/h2-10,16-17,19H,11-15H2,1H3;2*(H,6,7). The molecule has 1 saturated heterocycles. The quantitative estimate of drug-likeness (QED) is 0.405. The van der Waals surface area contributed by atoms with E-state index in [2.05, 4.69) is 76.0 Å². The Labute approximate surface area is 214 Å². The summed E-state index contributed by atoms with van der Waals surface area (Å²) in [5.41, 5.74) is 3.84. The Morgan fingerprint density at radius 3 is 1.87 bits per heavy atom. The van der Waals surface area contributed by atoms with E-state index in [1.807, 2.05) is 6.33 Å². The molecule has 1 fully saturated rings. The van der Waals surface area contributed by atoms with Crippen LogP contribution in [-0.4, -0.2) is 68.6 Å². The number of fused-ring (bicyclic) bond motifs is 1. The molecule has 0 radical (unpaired) electrons. The number of alkyl halides is 6. The first-order valence-corrected chi connectivity index (χ1v) is 11.5. The van der Waals surface area contributed by atoms with Gasteiger partial charge in [0.1, 0.15) is 0 Å². The number of benzene rings is 2. The van der Waals surface area contributed by atoms with Gasteiger partial charge in [0.25, 0.3) is 0 Å². The molecule has 1 atom stereocenters. The number of hydrogen-bond acceptors (Lipinski definition) is 4. The van der Waals surface area contributed by atoms with Crippen LogP contribution in [0.25, 0.3) is 11.0 Å². The molecule has 208 valence electrons. The zero-order valence-corrected chi connectivity index (χ0v) is 20.3. The molecule has 1 aromatic heterocycles. The van der Waals surface area contributed by atoms with Gasteiger partial charge in [-0.25, -0.2) is 14.6 Å². The largest absolute Gasteiger partial charge is 0.490 e. The van der Waals surface area contributed by atoms with Gasteiger partial charge in [0.05, 0.1) is 17.4 Å². The summed E-state index contributed by atoms with van der Waals surface area (Å²) in [7, 11) is 0. The summed E-state index contributed by atoms with van der Waals surface area (Å²) < 4.78 is 65.8. The summed E-state index contributed by atoms with van der Waals surface area (Å²) in [6.07, 6.45) is -5.64. The molecule has 38 heavy (non-hydrogen) atoms. The Morgan fingerprint density at radius 2 is 1.37 bits per heavy atom. The van der Waals surface area contributed by atoms with Crippen LogP contribution in [0, 0.1) is 0 Å². The number of rotatable bonds is 4. The van der Waals surface area contributed by atoms with E-state index >= 15 is 0 Å². The first kappa shape index (κ1) is 30.6. The van der Waals surface area contributed by atoms with Gasteiger partial charge in [-0.1, -0.05) is 42.5 Å². The third-order valence-electron chi connectivity index (χ3n) is 5.82. The van der Waals surface area contributed by atoms with Crippen LogP contribution in [0.2, 0.25) is 0 Å². The molecule has 0 spiro atoms. The summed E-state index contributed by atoms with van der Waals surface area (Å²) >= 11 is 0. The minimum Gasteiger partial charge on any atom is -0.475 e. The number of carboxylic acid groups (broad SMARTS) is 2. The topological polar surface area (TPSA) is 95.7 Å². The van der Waals surface area contributed by atoms with E-state index in [9.17, 15) is 26.3 Å². The number of carboxylic acids is 2. The molecule has 0 amide bonds. The highest BCUT2D eigenvalue weighted by molar-refractivity contribution is 5.75. The maximum Gasteiger partial charge on any atom is 0.490 e. The number of nitrogens with zero attached hydrogens (tertiary/aromatic N) is 3. The molecule has 1 aliphatic rings. The first-order chi connectivity index (χ1) is 17.7. The molecule has 7 nitrogen and oxygen atoms in total. The lowest BCUT2D eigenvalue weighted by molar-refractivity contribution is -0.193. The molecule has 0 saturated carbocycles. The lowest BCUT2D eigenvalue weighted by Gasteiger charge is -2.34. The molecule has 3 aromatic rings. The summed E-state index contributed by atoms with van der Waals surface area (Å²) in [6.45, 7) is 5.78. The number of imidazole rings is 1. The van der Waals surface area contributed by atoms with E-state index in [1.165, 1.54) is 37.0 Å². The molecule has 2 aromatic carbocycles. The van der Waals surface area contributed by atoms with Crippen LogP contribution in [0.3, 0.4) is 0 Å². The van der Waals surface area contributed by atoms with E-state index in [4.69, 9.17) is 19.8 Å². The smallest absolute Gasteiger partial charge is 0.475 e. The normalized spacial score (nSPS) is 15.6. The van der Waals surface area contributed by atoms with Crippen molar-refractivity contribution in [2.75, 3.05) is 19.6 Å². The molecule has 0 bridgehead atoms. The number of carbonyl (C=O) groups is 2. The Morgan fingerprint density at radius 1 is 0.895 bits per heavy atom. The van der Waals surface area contributed by atoms with Crippen LogP contribution in [0.4, 0.5) is 26.3 Å². The minimum absolute atomic E-state index is 0.450. The molecule has 1 aliphatic heterocycles. The molecule has 13 heteroatoms. The molecule has 2 N–H and O–H groups in total. The van der Waals surface area contributed by atoms with E-state index < -0.39 is 24.3 Å². The molecular formula is C25H27F6N3O4. The predicted molar refractivity (Wildman–Crippen MR) is 127 cm³/mol. The van der Waals surface area contributed by atoms with Gasteiger partial charge in [0.15, 0.2) is 0 Å². The van der Waals surface area contributed by atoms with Gasteiger partial charge in [0, 0.05) is 12.6 Å². The fraction of sp³-hybridized carbons (Fsp3) is 0.400. The van der Waals surface area contributed by atoms with Crippen LogP contribution >= 0.6 is 0 Å². The third kappa shape index (κ3) is 9.36. The molecule has 4 rings (SSSR count). The Bertz CT molecular complexity index is 1150. The van der Waals surface area contributed by atoms with Crippen molar-refractivity contribution in [3.63, 3.8) is 0 Å². The van der Waals surface area contributed by atoms with Gasteiger partial charge in [-0.3, -0.25) is 0 Å². The second-order valence-electron chi connectivity index (χ2n) is 8.58. The van der Waals surface area contributed by atoms with Crippen LogP contribution in [0.15, 0.2) is 60.9 Å². The summed E-state index contributed by atoms with van der Waals surface area (Å²) in [6, 6.07) is 19.8. The number of hydrogen-bond donors (Lipinski definition) is 2. The van der Waals surface area contributed by atoms with Crippen molar-refractivity contribution in [1.82, 2.24) is 14.5 Å². The average Bonchev–Trinajstić information content (AvgIpc) is 3.29. The van der Waals surface area contributed by atoms with Crippen LogP contribution in [0.5, 0.6) is 0 Å². The fourth-order valence-corrected chi connectivity index (χ4v) is 3.97. The fourth-order valence-electron chi connectivity index (χ4n) is 3.97. The minimum atomic E-state index is -5.08. The van der Waals surface area contributed by atoms with Crippen LogP contribution in [0.1, 0.15) is 37.3 Å². The van der Waals surface area contributed by atoms with E-state index in [0.29, 0.717) is 6.04 Å². The number of para-hydroxylation sites is 2. The summed E-state index contributed by atoms with van der Waals surface area (Å²) in [5.74, 6) is -4.79. The molecule has 2 heterocycles. The molecule has 0 aliphatic carbocycles. The number of aromatic nitrogens is 2. The highest BCUT2D eigenvalue weighted by Gasteiger charge is 2.38. The van der Waals surface area contributed by atoms with Crippen molar-refractivity contribution in [3.8, 4) is 0 Å². The first-order valence-electron chi connectivity index (χ1n) is 11.5. The zero-order chi connectivity index (χ0) is 28.5. The van der Waals surface area contributed by atoms with E-state index in [-0.39, 0.29) is 0 Å². The van der Waals surface area contributed by atoms with Crippen molar-refractivity contribution >= 4 is 23.0 Å². The van der Waals surface area contributed by atoms with Gasteiger partial charge in [-0.15, -0.1) is 0 Å². The summed E-state index contributed by atoms with van der Waals surface area (Å²) in [4.78, 5) is 24.9. The van der Waals surface area contributed by atoms with Gasteiger partial charge in [-0.2, -0.15) is 26.3 Å². The number of likely N-dealkylation sites (tertiary alicyclic amines) is 1. The van der Waals surface area contributed by atoms with Crippen LogP contribution in [-0.2, 0) is 9.59 Å². The van der Waals surface area contributed by atoms with Crippen molar-refractivity contribution in [3.05, 3.63) is 66.5 Å². The highest BCUT2D eigenvalue weighted by atomic mass is 19.4. The number of halogens is 6. The molecule has 1 unspecified atom stereocenters. The van der Waals surface area contributed by atoms with Gasteiger partial charge in [-0.05, 0) is 56.5 Å². The van der Waals surface area contributed by atoms with E-state index in [1.54, 1.807) is 0 Å². The maximum absolute atomic E-state index is 10.6. The summed E-state index contributed by atoms with van der Waals surface area (Å²) in [5, 5.41) is 14.2. The van der Waals surface area contributed by atoms with Crippen LogP contribution < -0.4 is 0 Å². The second-order valence-corrected chi connectivity index (χ2v) is 8.58. The molecular weight excluding hydrogens is 520 g/mol. The monoisotopic (exact) mass is 547 g/mol. The van der Waals surface area contributed by atoms with Crippen molar-refractivity contribution < 1.29 is 46.1 Å². The van der Waals surface area contributed by atoms with Crippen molar-refractivity contribution in [1.29, 1.82) is 0 Å². The Kier molecular flexibility index (Phi) is 10.7. The average molecular weight is 547 g/mol. The zero-order valence-electron chi connectivity index (χ0n) is 20.3. The van der Waals surface area contributed by atoms with E-state index in [0.717, 1.165) is 18.0 Å². The predicted octanol–water partition coefficient (Wildman–Crippen LogP) is 5.74. The highest BCUT2D eigenvalue weighted by Crippen LogP contribution is 2.28. The lowest BCUT2D eigenvalue weighted by Crippen LogP contribution is -2.36. The van der Waals surface area contributed by atoms with Crippen molar-refractivity contribution in [2.45, 2.75) is 44.1 Å². The van der Waals surface area contributed by atoms with Gasteiger partial charge in [0.2, 0.25) is 0 Å². The lowest BCUT2D eigenvalue weighted by atomic mass is 9.89.